The Morgan fingerprint density at radius 2 is 1.83 bits per heavy atom. The van der Waals surface area contributed by atoms with Crippen LogP contribution >= 0.6 is 0 Å². The molecular weight excluding hydrogens is 300 g/mol. The lowest BCUT2D eigenvalue weighted by Gasteiger charge is -2.29. The summed E-state index contributed by atoms with van der Waals surface area (Å²) >= 11 is 0. The van der Waals surface area contributed by atoms with Gasteiger partial charge in [0.05, 0.1) is 6.42 Å². The molecule has 1 aromatic carbocycles. The third kappa shape index (κ3) is 3.18. The molecule has 0 atom stereocenters. The van der Waals surface area contributed by atoms with Crippen LogP contribution in [0.5, 0.6) is 0 Å². The van der Waals surface area contributed by atoms with E-state index in [-0.39, 0.29) is 11.5 Å². The molecule has 2 aliphatic heterocycles. The van der Waals surface area contributed by atoms with Crippen LogP contribution in [0.1, 0.15) is 25.0 Å². The number of ether oxygens (including phenoxy) is 2. The van der Waals surface area contributed by atoms with E-state index in [0.29, 0.717) is 18.7 Å². The van der Waals surface area contributed by atoms with Gasteiger partial charge in [0.15, 0.2) is 5.57 Å². The number of esters is 2. The van der Waals surface area contributed by atoms with Crippen molar-refractivity contribution in [2.24, 2.45) is 0 Å². The molecule has 2 aliphatic rings. The second kappa shape index (κ2) is 5.42. The van der Waals surface area contributed by atoms with Crippen molar-refractivity contribution in [1.29, 1.82) is 0 Å². The van der Waals surface area contributed by atoms with Crippen molar-refractivity contribution >= 4 is 23.5 Å². The summed E-state index contributed by atoms with van der Waals surface area (Å²) in [5.41, 5.74) is 2.45. The highest BCUT2D eigenvalue weighted by molar-refractivity contribution is 6.15. The Labute approximate surface area is 132 Å². The van der Waals surface area contributed by atoms with E-state index >= 15 is 0 Å². The molecule has 1 fully saturated rings. The summed E-state index contributed by atoms with van der Waals surface area (Å²) in [6.07, 6.45) is 1.62. The number of benzene rings is 1. The van der Waals surface area contributed by atoms with E-state index in [1.165, 1.54) is 20.0 Å². The van der Waals surface area contributed by atoms with Gasteiger partial charge in [-0.15, -0.1) is 0 Å². The van der Waals surface area contributed by atoms with E-state index in [1.807, 2.05) is 12.1 Å². The zero-order chi connectivity index (χ0) is 16.6. The van der Waals surface area contributed by atoms with Gasteiger partial charge in [0, 0.05) is 32.3 Å². The average molecular weight is 316 g/mol. The number of anilines is 1. The Balaban J connectivity index is 1.76. The van der Waals surface area contributed by atoms with Crippen LogP contribution in [0.15, 0.2) is 30.0 Å². The molecule has 0 spiro atoms. The largest absolute Gasteiger partial charge is 0.419 e. The predicted molar refractivity (Wildman–Crippen MR) is 80.0 cm³/mol. The molecule has 0 aromatic heterocycles. The number of hydrogen-bond donors (Lipinski definition) is 2. The SMILES string of the molecule is CC1(C)OC(=O)C(=CNc2ccc3c(c2)CNC(=O)C3)C(=O)O1. The van der Waals surface area contributed by atoms with Crippen LogP contribution in [0, 0.1) is 0 Å². The van der Waals surface area contributed by atoms with E-state index in [9.17, 15) is 14.4 Å². The van der Waals surface area contributed by atoms with E-state index < -0.39 is 17.7 Å². The van der Waals surface area contributed by atoms with E-state index in [2.05, 4.69) is 10.6 Å². The third-order valence-corrected chi connectivity index (χ3v) is 3.53. The molecule has 1 aromatic rings. The molecule has 3 rings (SSSR count). The van der Waals surface area contributed by atoms with Crippen molar-refractivity contribution in [3.05, 3.63) is 41.1 Å². The monoisotopic (exact) mass is 316 g/mol. The Hall–Kier alpha value is -2.83. The molecule has 7 heteroatoms. The topological polar surface area (TPSA) is 93.7 Å². The number of nitrogens with one attached hydrogen (secondary N) is 2. The Morgan fingerprint density at radius 1 is 1.13 bits per heavy atom. The summed E-state index contributed by atoms with van der Waals surface area (Å²) < 4.78 is 10.0. The predicted octanol–water partition coefficient (Wildman–Crippen LogP) is 0.991. The maximum absolute atomic E-state index is 11.8. The fraction of sp³-hybridized carbons (Fsp3) is 0.312. The summed E-state index contributed by atoms with van der Waals surface area (Å²) in [6.45, 7) is 3.44. The summed E-state index contributed by atoms with van der Waals surface area (Å²) in [4.78, 5) is 35.0. The van der Waals surface area contributed by atoms with Crippen molar-refractivity contribution in [1.82, 2.24) is 5.32 Å². The molecule has 2 heterocycles. The number of cyclic esters (lactones) is 2. The molecule has 0 saturated carbocycles. The molecule has 2 N–H and O–H groups in total. The lowest BCUT2D eigenvalue weighted by Crippen LogP contribution is -2.42. The first-order valence-corrected chi connectivity index (χ1v) is 7.16. The number of fused-ring (bicyclic) bond motifs is 1. The molecule has 0 bridgehead atoms. The van der Waals surface area contributed by atoms with Gasteiger partial charge in [0.25, 0.3) is 5.79 Å². The highest BCUT2D eigenvalue weighted by Crippen LogP contribution is 2.23. The lowest BCUT2D eigenvalue weighted by atomic mass is 10.00. The van der Waals surface area contributed by atoms with Gasteiger partial charge in [-0.05, 0) is 23.3 Å². The second-order valence-electron chi connectivity index (χ2n) is 5.82. The van der Waals surface area contributed by atoms with Gasteiger partial charge in [-0.3, -0.25) is 4.79 Å². The number of carbonyl (C=O) groups excluding carboxylic acids is 3. The first kappa shape index (κ1) is 15.1. The van der Waals surface area contributed by atoms with Crippen LogP contribution in [0.2, 0.25) is 0 Å². The van der Waals surface area contributed by atoms with E-state index in [4.69, 9.17) is 9.47 Å². The summed E-state index contributed by atoms with van der Waals surface area (Å²) in [5.74, 6) is -2.72. The van der Waals surface area contributed by atoms with Crippen molar-refractivity contribution in [2.75, 3.05) is 5.32 Å². The molecule has 120 valence electrons. The molecule has 1 saturated heterocycles. The van der Waals surface area contributed by atoms with E-state index in [1.54, 1.807) is 6.07 Å². The number of amides is 1. The van der Waals surface area contributed by atoms with Gasteiger partial charge in [0.1, 0.15) is 0 Å². The van der Waals surface area contributed by atoms with Crippen LogP contribution in [0.3, 0.4) is 0 Å². The first-order chi connectivity index (χ1) is 10.8. The fourth-order valence-corrected chi connectivity index (χ4v) is 2.42. The number of rotatable bonds is 2. The van der Waals surface area contributed by atoms with Crippen molar-refractivity contribution < 1.29 is 23.9 Å². The molecule has 0 unspecified atom stereocenters. The molecule has 1 amide bonds. The average Bonchev–Trinajstić information content (AvgIpc) is 2.45. The molecule has 0 radical (unpaired) electrons. The second-order valence-corrected chi connectivity index (χ2v) is 5.82. The van der Waals surface area contributed by atoms with Crippen LogP contribution in [-0.4, -0.2) is 23.6 Å². The minimum Gasteiger partial charge on any atom is -0.419 e. The number of carbonyl (C=O) groups is 3. The van der Waals surface area contributed by atoms with Crippen LogP contribution in [0.25, 0.3) is 0 Å². The Bertz CT molecular complexity index is 714. The lowest BCUT2D eigenvalue weighted by molar-refractivity contribution is -0.222. The molecule has 0 aliphatic carbocycles. The summed E-state index contributed by atoms with van der Waals surface area (Å²) in [6, 6.07) is 5.47. The van der Waals surface area contributed by atoms with E-state index in [0.717, 1.165) is 11.1 Å². The molecular formula is C16H16N2O5. The van der Waals surface area contributed by atoms with Gasteiger partial charge < -0.3 is 20.1 Å². The highest BCUT2D eigenvalue weighted by Gasteiger charge is 2.38. The normalized spacial score (nSPS) is 19.2. The maximum atomic E-state index is 11.8. The standard InChI is InChI=1S/C16H16N2O5/c1-16(2)22-14(20)12(15(21)23-16)8-17-11-4-3-9-6-13(19)18-7-10(9)5-11/h3-5,8,17H,6-7H2,1-2H3,(H,18,19). The van der Waals surface area contributed by atoms with Crippen molar-refractivity contribution in [3.8, 4) is 0 Å². The molecule has 7 nitrogen and oxygen atoms in total. The summed E-state index contributed by atoms with van der Waals surface area (Å²) in [7, 11) is 0. The van der Waals surface area contributed by atoms with Gasteiger partial charge >= 0.3 is 11.9 Å². The Kier molecular flexibility index (Phi) is 3.55. The minimum absolute atomic E-state index is 0.00404. The first-order valence-electron chi connectivity index (χ1n) is 7.16. The van der Waals surface area contributed by atoms with Gasteiger partial charge in [-0.2, -0.15) is 0 Å². The van der Waals surface area contributed by atoms with Gasteiger partial charge in [-0.1, -0.05) is 6.07 Å². The van der Waals surface area contributed by atoms with Crippen LogP contribution in [-0.2, 0) is 36.8 Å². The fourth-order valence-electron chi connectivity index (χ4n) is 2.42. The maximum Gasteiger partial charge on any atom is 0.350 e. The zero-order valence-electron chi connectivity index (χ0n) is 12.8. The number of hydrogen-bond acceptors (Lipinski definition) is 6. The molecule has 23 heavy (non-hydrogen) atoms. The Morgan fingerprint density at radius 3 is 2.52 bits per heavy atom. The third-order valence-electron chi connectivity index (χ3n) is 3.53. The summed E-state index contributed by atoms with van der Waals surface area (Å²) in [5, 5.41) is 5.65. The van der Waals surface area contributed by atoms with Gasteiger partial charge in [-0.25, -0.2) is 9.59 Å². The quantitative estimate of drug-likeness (QED) is 0.480. The highest BCUT2D eigenvalue weighted by atomic mass is 16.7. The zero-order valence-corrected chi connectivity index (χ0v) is 12.8. The van der Waals surface area contributed by atoms with Crippen LogP contribution < -0.4 is 10.6 Å². The van der Waals surface area contributed by atoms with Crippen molar-refractivity contribution in [2.45, 2.75) is 32.6 Å². The van der Waals surface area contributed by atoms with Crippen molar-refractivity contribution in [3.63, 3.8) is 0 Å². The minimum atomic E-state index is -1.25. The van der Waals surface area contributed by atoms with Crippen LogP contribution in [0.4, 0.5) is 5.69 Å². The van der Waals surface area contributed by atoms with Gasteiger partial charge in [0.2, 0.25) is 5.91 Å². The smallest absolute Gasteiger partial charge is 0.350 e.